The molecule has 0 amide bonds. The molecule has 0 aromatic heterocycles. The van der Waals surface area contributed by atoms with Crippen LogP contribution in [0.15, 0.2) is 106 Å². The molecule has 0 unspecified atom stereocenters. The molecular formula is C27H27F6O5S2+. The molecule has 3 aromatic carbocycles. The Balaban J connectivity index is 0.000000281. The highest BCUT2D eigenvalue weighted by Gasteiger charge is 2.76. The Bertz CT molecular complexity index is 1230. The second-order valence-electron chi connectivity index (χ2n) is 9.43. The molecule has 0 aliphatic carbocycles. The molecule has 0 saturated carbocycles. The standard InChI is InChI=1S/C18H15S.C9H12F6O5S/c1-4-10-16(11-5-1)19(17-12-6-2-7-13-17)18-14-8-3-9-15-18;1-6(2,3)5(16)20-7(8(10,11)12,9(13,14)15)4-21(17,18)19/h1-15H;4H2,1-3H3,(H,17,18,19)/q+1;. The normalized spacial score (nSPS) is 12.9. The molecule has 0 spiro atoms. The van der Waals surface area contributed by atoms with Crippen LogP contribution in [0.1, 0.15) is 20.8 Å². The lowest BCUT2D eigenvalue weighted by Crippen LogP contribution is -2.64. The number of hydrogen-bond donors (Lipinski definition) is 1. The molecule has 1 N–H and O–H groups in total. The Labute approximate surface area is 231 Å². The maximum absolute atomic E-state index is 12.8. The summed E-state index contributed by atoms with van der Waals surface area (Å²) in [7, 11) is -5.77. The lowest BCUT2D eigenvalue weighted by atomic mass is 9.96. The van der Waals surface area contributed by atoms with E-state index in [-0.39, 0.29) is 10.9 Å². The molecule has 0 radical (unpaired) electrons. The molecule has 5 nitrogen and oxygen atoms in total. The fourth-order valence-corrected chi connectivity index (χ4v) is 6.12. The van der Waals surface area contributed by atoms with Crippen molar-refractivity contribution >= 4 is 27.0 Å². The molecule has 0 bridgehead atoms. The highest BCUT2D eigenvalue weighted by molar-refractivity contribution is 7.97. The van der Waals surface area contributed by atoms with Gasteiger partial charge in [-0.1, -0.05) is 54.6 Å². The van der Waals surface area contributed by atoms with Crippen molar-refractivity contribution in [1.29, 1.82) is 0 Å². The summed E-state index contributed by atoms with van der Waals surface area (Å²) >= 11 is 0. The Morgan fingerprint density at radius 1 is 0.700 bits per heavy atom. The van der Waals surface area contributed by atoms with Crippen LogP contribution in [0.2, 0.25) is 0 Å². The van der Waals surface area contributed by atoms with Gasteiger partial charge in [0.1, 0.15) is 5.75 Å². The van der Waals surface area contributed by atoms with E-state index in [1.54, 1.807) is 0 Å². The number of rotatable bonds is 6. The van der Waals surface area contributed by atoms with Crippen LogP contribution in [0.5, 0.6) is 0 Å². The van der Waals surface area contributed by atoms with E-state index >= 15 is 0 Å². The smallest absolute Gasteiger partial charge is 0.438 e. The number of ether oxygens (including phenoxy) is 1. The van der Waals surface area contributed by atoms with Gasteiger partial charge in [0.2, 0.25) is 0 Å². The topological polar surface area (TPSA) is 80.7 Å². The van der Waals surface area contributed by atoms with Gasteiger partial charge in [-0.3, -0.25) is 9.35 Å². The highest BCUT2D eigenvalue weighted by atomic mass is 32.2. The quantitative estimate of drug-likeness (QED) is 0.140. The van der Waals surface area contributed by atoms with Gasteiger partial charge in [-0.25, -0.2) is 0 Å². The van der Waals surface area contributed by atoms with Gasteiger partial charge in [-0.2, -0.15) is 34.8 Å². The lowest BCUT2D eigenvalue weighted by Gasteiger charge is -2.37. The zero-order valence-electron chi connectivity index (χ0n) is 21.5. The second kappa shape index (κ2) is 12.6. The largest absolute Gasteiger partial charge is 0.438 e. The molecule has 0 aliphatic heterocycles. The summed E-state index contributed by atoms with van der Waals surface area (Å²) in [6.07, 6.45) is -12.6. The third kappa shape index (κ3) is 8.73. The number of hydrogen-bond acceptors (Lipinski definition) is 4. The summed E-state index contributed by atoms with van der Waals surface area (Å²) in [6, 6.07) is 32.2. The minimum atomic E-state index is -6.30. The average Bonchev–Trinajstić information content (AvgIpc) is 2.83. The van der Waals surface area contributed by atoms with Gasteiger partial charge in [0.15, 0.2) is 14.7 Å². The van der Waals surface area contributed by atoms with Gasteiger partial charge in [-0.15, -0.1) is 0 Å². The molecule has 3 aromatic rings. The van der Waals surface area contributed by atoms with E-state index in [4.69, 9.17) is 4.55 Å². The Kier molecular flexibility index (Phi) is 10.5. The minimum absolute atomic E-state index is 0.0146. The predicted molar refractivity (Wildman–Crippen MR) is 138 cm³/mol. The molecule has 0 saturated heterocycles. The van der Waals surface area contributed by atoms with E-state index < -0.39 is 45.2 Å². The van der Waals surface area contributed by atoms with Gasteiger partial charge < -0.3 is 4.74 Å². The van der Waals surface area contributed by atoms with Crippen molar-refractivity contribution < 1.29 is 48.8 Å². The van der Waals surface area contributed by atoms with Crippen molar-refractivity contribution in [3.8, 4) is 0 Å². The zero-order valence-corrected chi connectivity index (χ0v) is 23.2. The van der Waals surface area contributed by atoms with Crippen molar-refractivity contribution in [3.05, 3.63) is 91.0 Å². The molecule has 218 valence electrons. The van der Waals surface area contributed by atoms with Gasteiger partial charge in [0, 0.05) is 0 Å². The van der Waals surface area contributed by atoms with Crippen molar-refractivity contribution in [3.63, 3.8) is 0 Å². The molecule has 0 atom stereocenters. The Hall–Kier alpha value is -3.03. The number of alkyl halides is 6. The zero-order chi connectivity index (χ0) is 30.4. The predicted octanol–water partition coefficient (Wildman–Crippen LogP) is 7.11. The van der Waals surface area contributed by atoms with E-state index in [1.165, 1.54) is 14.7 Å². The number of esters is 1. The first-order valence-corrected chi connectivity index (χ1v) is 14.3. The highest BCUT2D eigenvalue weighted by Crippen LogP contribution is 2.47. The molecule has 0 fully saturated rings. The maximum Gasteiger partial charge on any atom is 0.438 e. The third-order valence-corrected chi connectivity index (χ3v) is 8.12. The number of carbonyl (C=O) groups is 1. The Morgan fingerprint density at radius 2 is 1.00 bits per heavy atom. The van der Waals surface area contributed by atoms with Crippen LogP contribution in [0.25, 0.3) is 0 Å². The van der Waals surface area contributed by atoms with Crippen LogP contribution in [0.4, 0.5) is 26.3 Å². The van der Waals surface area contributed by atoms with E-state index in [9.17, 15) is 39.6 Å². The fraction of sp³-hybridized carbons (Fsp3) is 0.296. The second-order valence-corrected chi connectivity index (χ2v) is 12.9. The number of halogens is 6. The molecule has 0 aliphatic rings. The van der Waals surface area contributed by atoms with Crippen LogP contribution in [-0.2, 0) is 30.5 Å². The van der Waals surface area contributed by atoms with E-state index in [1.807, 2.05) is 0 Å². The first-order valence-electron chi connectivity index (χ1n) is 11.5. The summed E-state index contributed by atoms with van der Waals surface area (Å²) in [5.41, 5.74) is -7.11. The van der Waals surface area contributed by atoms with E-state index in [0.717, 1.165) is 20.8 Å². The summed E-state index contributed by atoms with van der Waals surface area (Å²) in [4.78, 5) is 15.4. The first kappa shape index (κ1) is 33.2. The molecule has 13 heteroatoms. The lowest BCUT2D eigenvalue weighted by molar-refractivity contribution is -0.363. The third-order valence-electron chi connectivity index (χ3n) is 5.12. The SMILES string of the molecule is CC(C)(C)C(=O)OC(CS(=O)(=O)O)(C(F)(F)F)C(F)(F)F.c1ccc([S+](c2ccccc2)c2ccccc2)cc1. The average molecular weight is 610 g/mol. The van der Waals surface area contributed by atoms with Crippen LogP contribution in [0, 0.1) is 5.41 Å². The van der Waals surface area contributed by atoms with Gasteiger partial charge >= 0.3 is 23.9 Å². The number of benzene rings is 3. The molecule has 40 heavy (non-hydrogen) atoms. The minimum Gasteiger partial charge on any atom is -0.438 e. The van der Waals surface area contributed by atoms with Crippen LogP contribution in [-0.4, -0.2) is 42.6 Å². The van der Waals surface area contributed by atoms with Crippen molar-refractivity contribution in [2.75, 3.05) is 5.75 Å². The maximum atomic E-state index is 12.8. The molecular weight excluding hydrogens is 582 g/mol. The monoisotopic (exact) mass is 609 g/mol. The van der Waals surface area contributed by atoms with Gasteiger partial charge in [0.25, 0.3) is 10.1 Å². The number of carbonyl (C=O) groups excluding carboxylic acids is 1. The van der Waals surface area contributed by atoms with Crippen molar-refractivity contribution in [2.45, 2.75) is 53.4 Å². The van der Waals surface area contributed by atoms with E-state index in [2.05, 4.69) is 95.7 Å². The van der Waals surface area contributed by atoms with Gasteiger partial charge in [-0.05, 0) is 57.2 Å². The van der Waals surface area contributed by atoms with Crippen molar-refractivity contribution in [2.24, 2.45) is 5.41 Å². The fourth-order valence-electron chi connectivity index (χ4n) is 3.12. The Morgan fingerprint density at radius 3 is 1.23 bits per heavy atom. The summed E-state index contributed by atoms with van der Waals surface area (Å²) < 4.78 is 110. The van der Waals surface area contributed by atoms with E-state index in [0.29, 0.717) is 0 Å². The summed E-state index contributed by atoms with van der Waals surface area (Å²) in [6.45, 7) is 2.92. The summed E-state index contributed by atoms with van der Waals surface area (Å²) in [5, 5.41) is 0. The van der Waals surface area contributed by atoms with Crippen LogP contribution in [0.3, 0.4) is 0 Å². The summed E-state index contributed by atoms with van der Waals surface area (Å²) in [5.74, 6) is -4.81. The van der Waals surface area contributed by atoms with Crippen molar-refractivity contribution in [1.82, 2.24) is 0 Å². The van der Waals surface area contributed by atoms with Gasteiger partial charge in [0.05, 0.1) is 16.3 Å². The first-order chi connectivity index (χ1) is 18.3. The van der Waals surface area contributed by atoms with Crippen LogP contribution >= 0.6 is 0 Å². The molecule has 0 heterocycles. The molecule has 3 rings (SSSR count). The van der Waals surface area contributed by atoms with Crippen LogP contribution < -0.4 is 0 Å².